The van der Waals surface area contributed by atoms with Gasteiger partial charge < -0.3 is 19.5 Å². The van der Waals surface area contributed by atoms with E-state index in [2.05, 4.69) is 5.32 Å². The van der Waals surface area contributed by atoms with E-state index in [4.69, 9.17) is 4.42 Å². The van der Waals surface area contributed by atoms with Crippen molar-refractivity contribution in [3.05, 3.63) is 40.7 Å². The lowest BCUT2D eigenvalue weighted by Gasteiger charge is -2.37. The van der Waals surface area contributed by atoms with Gasteiger partial charge in [0.1, 0.15) is 0 Å². The first-order chi connectivity index (χ1) is 13.2. The molecular formula is C20H25N3O4S. The van der Waals surface area contributed by atoms with Crippen LogP contribution in [0.15, 0.2) is 28.9 Å². The summed E-state index contributed by atoms with van der Waals surface area (Å²) in [5, 5.41) is 3.36. The summed E-state index contributed by atoms with van der Waals surface area (Å²) in [6.45, 7) is 9.65. The summed E-state index contributed by atoms with van der Waals surface area (Å²) < 4.78 is 5.09. The zero-order valence-electron chi connectivity index (χ0n) is 16.6. The Bertz CT molecular complexity index is 872. The maximum absolute atomic E-state index is 12.9. The molecule has 150 valence electrons. The van der Waals surface area contributed by atoms with Crippen molar-refractivity contribution in [1.29, 1.82) is 0 Å². The Hall–Kier alpha value is -2.61. The molecule has 28 heavy (non-hydrogen) atoms. The van der Waals surface area contributed by atoms with Gasteiger partial charge in [-0.1, -0.05) is 20.8 Å². The molecule has 1 saturated heterocycles. The van der Waals surface area contributed by atoms with E-state index in [0.29, 0.717) is 36.1 Å². The summed E-state index contributed by atoms with van der Waals surface area (Å²) >= 11 is 1.25. The predicted octanol–water partition coefficient (Wildman–Crippen LogP) is 3.23. The zero-order chi connectivity index (χ0) is 20.5. The van der Waals surface area contributed by atoms with E-state index in [-0.39, 0.29) is 23.5 Å². The standard InChI is InChI=1S/C20H25N3O4S/c1-13-12-15(21-17(24)14-6-5-11-27-14)28-16(13)18(25)22-7-9-23(10-8-22)19(26)20(2,3)4/h5-6,11-12H,7-10H2,1-4H3,(H,21,24). The Balaban J connectivity index is 1.63. The highest BCUT2D eigenvalue weighted by atomic mass is 32.1. The molecule has 2 aromatic heterocycles. The molecule has 7 nitrogen and oxygen atoms in total. The minimum absolute atomic E-state index is 0.0659. The first-order valence-electron chi connectivity index (χ1n) is 9.21. The van der Waals surface area contributed by atoms with Crippen LogP contribution in [0.5, 0.6) is 0 Å². The van der Waals surface area contributed by atoms with Crippen LogP contribution in [0, 0.1) is 12.3 Å². The molecule has 0 aromatic carbocycles. The molecule has 1 N–H and O–H groups in total. The number of piperazine rings is 1. The second-order valence-corrected chi connectivity index (χ2v) is 8.94. The average molecular weight is 404 g/mol. The Morgan fingerprint density at radius 3 is 2.32 bits per heavy atom. The summed E-state index contributed by atoms with van der Waals surface area (Å²) in [4.78, 5) is 41.6. The number of hydrogen-bond acceptors (Lipinski definition) is 5. The highest BCUT2D eigenvalue weighted by molar-refractivity contribution is 7.18. The first-order valence-corrected chi connectivity index (χ1v) is 10.0. The fraction of sp³-hybridized carbons (Fsp3) is 0.450. The SMILES string of the molecule is Cc1cc(NC(=O)c2ccco2)sc1C(=O)N1CCN(C(=O)C(C)(C)C)CC1. The quantitative estimate of drug-likeness (QED) is 0.853. The molecule has 1 aliphatic heterocycles. The number of hydrogen-bond donors (Lipinski definition) is 1. The molecule has 0 saturated carbocycles. The molecule has 3 heterocycles. The van der Waals surface area contributed by atoms with Gasteiger partial charge in [-0.25, -0.2) is 0 Å². The van der Waals surface area contributed by atoms with Crippen LogP contribution in [-0.2, 0) is 4.79 Å². The predicted molar refractivity (Wildman–Crippen MR) is 108 cm³/mol. The molecule has 0 spiro atoms. The smallest absolute Gasteiger partial charge is 0.291 e. The zero-order valence-corrected chi connectivity index (χ0v) is 17.4. The van der Waals surface area contributed by atoms with Crippen molar-refractivity contribution in [1.82, 2.24) is 9.80 Å². The maximum atomic E-state index is 12.9. The van der Waals surface area contributed by atoms with Gasteiger partial charge in [0.2, 0.25) is 5.91 Å². The summed E-state index contributed by atoms with van der Waals surface area (Å²) in [7, 11) is 0. The van der Waals surface area contributed by atoms with Crippen LogP contribution >= 0.6 is 11.3 Å². The van der Waals surface area contributed by atoms with Gasteiger partial charge in [0.25, 0.3) is 11.8 Å². The van der Waals surface area contributed by atoms with Crippen molar-refractivity contribution < 1.29 is 18.8 Å². The Morgan fingerprint density at radius 2 is 1.75 bits per heavy atom. The van der Waals surface area contributed by atoms with Crippen LogP contribution in [-0.4, -0.2) is 53.7 Å². The van der Waals surface area contributed by atoms with Gasteiger partial charge in [-0.15, -0.1) is 11.3 Å². The van der Waals surface area contributed by atoms with Gasteiger partial charge in [-0.2, -0.15) is 0 Å². The largest absolute Gasteiger partial charge is 0.459 e. The van der Waals surface area contributed by atoms with Crippen LogP contribution in [0.3, 0.4) is 0 Å². The molecule has 0 atom stereocenters. The molecule has 8 heteroatoms. The molecule has 0 radical (unpaired) electrons. The first kappa shape index (κ1) is 20.1. The van der Waals surface area contributed by atoms with Gasteiger partial charge in [-0.05, 0) is 30.7 Å². The number of thiophene rings is 1. The third kappa shape index (κ3) is 4.27. The number of carbonyl (C=O) groups is 3. The van der Waals surface area contributed by atoms with E-state index in [1.165, 1.54) is 17.6 Å². The monoisotopic (exact) mass is 403 g/mol. The van der Waals surface area contributed by atoms with Crippen LogP contribution in [0.2, 0.25) is 0 Å². The number of nitrogens with zero attached hydrogens (tertiary/aromatic N) is 2. The summed E-state index contributed by atoms with van der Waals surface area (Å²) in [6.07, 6.45) is 1.44. The molecule has 3 amide bonds. The molecule has 0 unspecified atom stereocenters. The summed E-state index contributed by atoms with van der Waals surface area (Å²) in [5.74, 6) is -0.0863. The second kappa shape index (κ2) is 7.79. The fourth-order valence-corrected chi connectivity index (χ4v) is 4.10. The van der Waals surface area contributed by atoms with E-state index in [1.54, 1.807) is 23.1 Å². The van der Waals surface area contributed by atoms with Gasteiger partial charge >= 0.3 is 0 Å². The fourth-order valence-electron chi connectivity index (χ4n) is 3.07. The molecule has 2 aromatic rings. The van der Waals surface area contributed by atoms with Crippen LogP contribution in [0.1, 0.15) is 46.6 Å². The van der Waals surface area contributed by atoms with Gasteiger partial charge in [0.05, 0.1) is 16.1 Å². The minimum Gasteiger partial charge on any atom is -0.459 e. The molecule has 3 rings (SSSR count). The Labute approximate surface area is 168 Å². The summed E-state index contributed by atoms with van der Waals surface area (Å²) in [6, 6.07) is 5.02. The van der Waals surface area contributed by atoms with E-state index in [1.807, 2.05) is 32.6 Å². The highest BCUT2D eigenvalue weighted by Gasteiger charge is 2.31. The van der Waals surface area contributed by atoms with Crippen molar-refractivity contribution in [2.75, 3.05) is 31.5 Å². The van der Waals surface area contributed by atoms with Gasteiger partial charge in [-0.3, -0.25) is 14.4 Å². The summed E-state index contributed by atoms with van der Waals surface area (Å²) in [5.41, 5.74) is 0.399. The van der Waals surface area contributed by atoms with E-state index in [9.17, 15) is 14.4 Å². The Morgan fingerprint density at radius 1 is 1.11 bits per heavy atom. The minimum atomic E-state index is -0.419. The molecule has 1 fully saturated rings. The lowest BCUT2D eigenvalue weighted by Crippen LogP contribution is -2.53. The van der Waals surface area contributed by atoms with E-state index in [0.717, 1.165) is 5.56 Å². The van der Waals surface area contributed by atoms with Crippen LogP contribution in [0.4, 0.5) is 5.00 Å². The number of nitrogens with one attached hydrogen (secondary N) is 1. The topological polar surface area (TPSA) is 82.9 Å². The highest BCUT2D eigenvalue weighted by Crippen LogP contribution is 2.29. The Kier molecular flexibility index (Phi) is 5.60. The second-order valence-electron chi connectivity index (χ2n) is 7.89. The third-order valence-electron chi connectivity index (χ3n) is 4.59. The van der Waals surface area contributed by atoms with Gasteiger partial charge in [0, 0.05) is 31.6 Å². The van der Waals surface area contributed by atoms with Crippen LogP contribution < -0.4 is 5.32 Å². The average Bonchev–Trinajstić information content (AvgIpc) is 3.30. The maximum Gasteiger partial charge on any atom is 0.291 e. The molecule has 0 bridgehead atoms. The van der Waals surface area contributed by atoms with Crippen molar-refractivity contribution in [2.45, 2.75) is 27.7 Å². The van der Waals surface area contributed by atoms with Crippen molar-refractivity contribution in [3.8, 4) is 0 Å². The number of amides is 3. The lowest BCUT2D eigenvalue weighted by atomic mass is 9.94. The number of carbonyl (C=O) groups excluding carboxylic acids is 3. The normalized spacial score (nSPS) is 14.9. The van der Waals surface area contributed by atoms with Crippen molar-refractivity contribution in [3.63, 3.8) is 0 Å². The third-order valence-corrected chi connectivity index (χ3v) is 5.73. The molecular weight excluding hydrogens is 378 g/mol. The van der Waals surface area contributed by atoms with Crippen LogP contribution in [0.25, 0.3) is 0 Å². The number of furan rings is 1. The molecule has 0 aliphatic carbocycles. The van der Waals surface area contributed by atoms with Crippen molar-refractivity contribution in [2.24, 2.45) is 5.41 Å². The van der Waals surface area contributed by atoms with E-state index < -0.39 is 5.41 Å². The number of anilines is 1. The number of rotatable bonds is 3. The lowest BCUT2D eigenvalue weighted by molar-refractivity contribution is -0.140. The van der Waals surface area contributed by atoms with Gasteiger partial charge in [0.15, 0.2) is 5.76 Å². The van der Waals surface area contributed by atoms with E-state index >= 15 is 0 Å². The molecule has 1 aliphatic rings. The number of aryl methyl sites for hydroxylation is 1. The van der Waals surface area contributed by atoms with Crippen molar-refractivity contribution >= 4 is 34.1 Å².